The Hall–Kier alpha value is -1.63. The van der Waals surface area contributed by atoms with Crippen LogP contribution in [0, 0.1) is 6.92 Å². The zero-order chi connectivity index (χ0) is 15.4. The molecular formula is C14H19ClN4O2. The largest absolute Gasteiger partial charge is 0.368 e. The van der Waals surface area contributed by atoms with Crippen LogP contribution in [0.3, 0.4) is 0 Å². The van der Waals surface area contributed by atoms with E-state index in [1.54, 1.807) is 23.1 Å². The Morgan fingerprint density at radius 1 is 1.52 bits per heavy atom. The fraction of sp³-hybridized carbons (Fsp3) is 0.429. The summed E-state index contributed by atoms with van der Waals surface area (Å²) in [5.41, 5.74) is 6.86. The summed E-state index contributed by atoms with van der Waals surface area (Å²) in [4.78, 5) is 25.3. The van der Waals surface area contributed by atoms with Gasteiger partial charge in [0.15, 0.2) is 0 Å². The van der Waals surface area contributed by atoms with E-state index >= 15 is 0 Å². The molecule has 0 spiro atoms. The molecule has 2 amide bonds. The molecule has 1 fully saturated rings. The van der Waals surface area contributed by atoms with Crippen molar-refractivity contribution in [2.75, 3.05) is 31.5 Å². The first-order chi connectivity index (χ1) is 9.99. The number of hydrogen-bond acceptors (Lipinski definition) is 4. The molecule has 1 saturated heterocycles. The first-order valence-electron chi connectivity index (χ1n) is 6.78. The van der Waals surface area contributed by atoms with E-state index in [1.807, 2.05) is 6.92 Å². The molecule has 1 aliphatic heterocycles. The summed E-state index contributed by atoms with van der Waals surface area (Å²) >= 11 is 6.02. The molecule has 6 nitrogen and oxygen atoms in total. The minimum atomic E-state index is -0.454. The summed E-state index contributed by atoms with van der Waals surface area (Å²) in [6, 6.07) is 4.89. The number of benzene rings is 1. The summed E-state index contributed by atoms with van der Waals surface area (Å²) in [5.74, 6) is -0.609. The van der Waals surface area contributed by atoms with Gasteiger partial charge in [-0.25, -0.2) is 0 Å². The summed E-state index contributed by atoms with van der Waals surface area (Å²) in [5, 5.41) is 6.52. The van der Waals surface area contributed by atoms with Crippen molar-refractivity contribution in [1.82, 2.24) is 10.2 Å². The van der Waals surface area contributed by atoms with Gasteiger partial charge in [-0.2, -0.15) is 0 Å². The van der Waals surface area contributed by atoms with E-state index in [4.69, 9.17) is 17.3 Å². The molecule has 4 N–H and O–H groups in total. The molecular weight excluding hydrogens is 292 g/mol. The quantitative estimate of drug-likeness (QED) is 0.748. The number of nitrogens with two attached hydrogens (primary N) is 1. The number of hydrogen-bond donors (Lipinski definition) is 3. The van der Waals surface area contributed by atoms with Crippen molar-refractivity contribution >= 4 is 29.1 Å². The van der Waals surface area contributed by atoms with Gasteiger partial charge in [0, 0.05) is 30.3 Å². The zero-order valence-electron chi connectivity index (χ0n) is 11.9. The van der Waals surface area contributed by atoms with Gasteiger partial charge in [-0.3, -0.25) is 14.5 Å². The van der Waals surface area contributed by atoms with Crippen LogP contribution in [-0.4, -0.2) is 48.9 Å². The summed E-state index contributed by atoms with van der Waals surface area (Å²) < 4.78 is 0. The lowest BCUT2D eigenvalue weighted by Crippen LogP contribution is -2.58. The molecule has 1 aromatic rings. The van der Waals surface area contributed by atoms with Crippen LogP contribution in [0.2, 0.25) is 5.02 Å². The van der Waals surface area contributed by atoms with Crippen molar-refractivity contribution in [3.05, 3.63) is 28.8 Å². The molecule has 1 aliphatic rings. The number of primary amides is 1. The number of carbonyl (C=O) groups excluding carboxylic acids is 2. The van der Waals surface area contributed by atoms with E-state index in [1.165, 1.54) is 0 Å². The summed E-state index contributed by atoms with van der Waals surface area (Å²) in [6.45, 7) is 3.78. The molecule has 0 aromatic heterocycles. The van der Waals surface area contributed by atoms with Crippen LogP contribution in [-0.2, 0) is 9.59 Å². The second kappa shape index (κ2) is 6.89. The van der Waals surface area contributed by atoms with Gasteiger partial charge in [-0.15, -0.1) is 0 Å². The average Bonchev–Trinajstić information content (AvgIpc) is 2.44. The van der Waals surface area contributed by atoms with Crippen LogP contribution >= 0.6 is 11.6 Å². The van der Waals surface area contributed by atoms with Crippen LogP contribution < -0.4 is 16.4 Å². The molecule has 0 radical (unpaired) electrons. The maximum absolute atomic E-state index is 12.1. The zero-order valence-corrected chi connectivity index (χ0v) is 12.6. The van der Waals surface area contributed by atoms with Crippen molar-refractivity contribution in [2.24, 2.45) is 5.73 Å². The topological polar surface area (TPSA) is 87.5 Å². The third kappa shape index (κ3) is 3.93. The number of rotatable bonds is 4. The molecule has 2 rings (SSSR count). The molecule has 0 aliphatic carbocycles. The number of amides is 2. The fourth-order valence-electron chi connectivity index (χ4n) is 2.33. The molecule has 1 aromatic carbocycles. The van der Waals surface area contributed by atoms with Gasteiger partial charge in [0.2, 0.25) is 11.8 Å². The van der Waals surface area contributed by atoms with Gasteiger partial charge in [0.1, 0.15) is 6.04 Å². The monoisotopic (exact) mass is 310 g/mol. The molecule has 114 valence electrons. The van der Waals surface area contributed by atoms with Gasteiger partial charge in [-0.1, -0.05) is 17.7 Å². The lowest BCUT2D eigenvalue weighted by Gasteiger charge is -2.33. The van der Waals surface area contributed by atoms with E-state index in [2.05, 4.69) is 10.6 Å². The van der Waals surface area contributed by atoms with Gasteiger partial charge in [0.25, 0.3) is 0 Å². The van der Waals surface area contributed by atoms with Crippen LogP contribution in [0.15, 0.2) is 18.2 Å². The first-order valence-corrected chi connectivity index (χ1v) is 7.16. The number of carbonyl (C=O) groups is 2. The Morgan fingerprint density at radius 3 is 3.00 bits per heavy atom. The van der Waals surface area contributed by atoms with Crippen LogP contribution in [0.1, 0.15) is 5.56 Å². The normalized spacial score (nSPS) is 19.2. The lowest BCUT2D eigenvalue weighted by molar-refractivity contribution is -0.125. The maximum atomic E-state index is 12.1. The van der Waals surface area contributed by atoms with Gasteiger partial charge < -0.3 is 16.4 Å². The number of anilines is 1. The molecule has 1 heterocycles. The van der Waals surface area contributed by atoms with Crippen LogP contribution in [0.25, 0.3) is 0 Å². The first kappa shape index (κ1) is 15.8. The lowest BCUT2D eigenvalue weighted by atomic mass is 10.1. The third-order valence-corrected chi connectivity index (χ3v) is 3.98. The smallest absolute Gasteiger partial charge is 0.238 e. The Balaban J connectivity index is 2.00. The van der Waals surface area contributed by atoms with Gasteiger partial charge in [-0.05, 0) is 24.6 Å². The highest BCUT2D eigenvalue weighted by molar-refractivity contribution is 6.31. The van der Waals surface area contributed by atoms with Crippen molar-refractivity contribution in [3.8, 4) is 0 Å². The number of nitrogens with zero attached hydrogens (tertiary/aromatic N) is 1. The fourth-order valence-corrected chi connectivity index (χ4v) is 2.51. The van der Waals surface area contributed by atoms with E-state index < -0.39 is 11.9 Å². The van der Waals surface area contributed by atoms with E-state index in [0.717, 1.165) is 12.1 Å². The molecule has 0 saturated carbocycles. The third-order valence-electron chi connectivity index (χ3n) is 3.57. The van der Waals surface area contributed by atoms with Gasteiger partial charge >= 0.3 is 0 Å². The summed E-state index contributed by atoms with van der Waals surface area (Å²) in [7, 11) is 0. The Kier molecular flexibility index (Phi) is 5.17. The van der Waals surface area contributed by atoms with Crippen LogP contribution in [0.4, 0.5) is 5.69 Å². The van der Waals surface area contributed by atoms with Crippen molar-refractivity contribution in [2.45, 2.75) is 13.0 Å². The number of piperazine rings is 1. The highest BCUT2D eigenvalue weighted by atomic mass is 35.5. The predicted octanol–water partition coefficient (Wildman–Crippen LogP) is 0.346. The highest BCUT2D eigenvalue weighted by Gasteiger charge is 2.28. The average molecular weight is 311 g/mol. The minimum Gasteiger partial charge on any atom is -0.368 e. The van der Waals surface area contributed by atoms with E-state index in [9.17, 15) is 9.59 Å². The molecule has 1 atom stereocenters. The Morgan fingerprint density at radius 2 is 2.29 bits per heavy atom. The SMILES string of the molecule is Cc1c(Cl)cccc1NC(=O)CN1CCNCC1C(N)=O. The van der Waals surface area contributed by atoms with Crippen molar-refractivity contribution in [3.63, 3.8) is 0 Å². The minimum absolute atomic E-state index is 0.126. The van der Waals surface area contributed by atoms with Crippen molar-refractivity contribution in [1.29, 1.82) is 0 Å². The van der Waals surface area contributed by atoms with E-state index in [0.29, 0.717) is 23.8 Å². The molecule has 0 bridgehead atoms. The number of halogens is 1. The molecule has 21 heavy (non-hydrogen) atoms. The summed E-state index contributed by atoms with van der Waals surface area (Å²) in [6.07, 6.45) is 0. The second-order valence-corrected chi connectivity index (χ2v) is 5.46. The maximum Gasteiger partial charge on any atom is 0.238 e. The van der Waals surface area contributed by atoms with Crippen LogP contribution in [0.5, 0.6) is 0 Å². The highest BCUT2D eigenvalue weighted by Crippen LogP contribution is 2.22. The Labute approximate surface area is 128 Å². The molecule has 7 heteroatoms. The number of nitrogens with one attached hydrogen (secondary N) is 2. The predicted molar refractivity (Wildman–Crippen MR) is 82.2 cm³/mol. The van der Waals surface area contributed by atoms with Gasteiger partial charge in [0.05, 0.1) is 6.54 Å². The second-order valence-electron chi connectivity index (χ2n) is 5.05. The van der Waals surface area contributed by atoms with Crippen molar-refractivity contribution < 1.29 is 9.59 Å². The van der Waals surface area contributed by atoms with E-state index in [-0.39, 0.29) is 12.5 Å². The molecule has 1 unspecified atom stereocenters. The standard InChI is InChI=1S/C14H19ClN4O2/c1-9-10(15)3-2-4-11(9)18-13(20)8-19-6-5-17-7-12(19)14(16)21/h2-4,12,17H,5-8H2,1H3,(H2,16,21)(H,18,20). The Bertz CT molecular complexity index is 550.